The van der Waals surface area contributed by atoms with Gasteiger partial charge < -0.3 is 9.84 Å². The second-order valence-corrected chi connectivity index (χ2v) is 7.57. The Morgan fingerprint density at radius 1 is 1.13 bits per heavy atom. The molecule has 3 aromatic rings. The van der Waals surface area contributed by atoms with Crippen molar-refractivity contribution < 1.29 is 19.4 Å². The van der Waals surface area contributed by atoms with Crippen LogP contribution in [-0.2, 0) is 9.59 Å². The molecule has 1 N–H and O–H groups in total. The number of hydrogen-bond acceptors (Lipinski definition) is 5. The highest BCUT2D eigenvalue weighted by molar-refractivity contribution is 6.51. The molecule has 156 valence electrons. The quantitative estimate of drug-likeness (QED) is 0.366. The minimum Gasteiger partial charge on any atom is -0.507 e. The van der Waals surface area contributed by atoms with Crippen molar-refractivity contribution in [3.8, 4) is 5.75 Å². The van der Waals surface area contributed by atoms with Crippen molar-refractivity contribution in [2.75, 3.05) is 12.0 Å². The number of methoxy groups -OCH3 is 1. The molecule has 1 unspecified atom stereocenters. The molecule has 4 rings (SSSR count). The SMILES string of the molecule is COc1ccc(Cl)cc1/C(O)=C1\C(=O)C(=O)N(c2ccc(C)cc2)C1c1cccnc1. The Bertz CT molecular complexity index is 1190. The van der Waals surface area contributed by atoms with Gasteiger partial charge >= 0.3 is 0 Å². The number of hydrogen-bond donors (Lipinski definition) is 1. The smallest absolute Gasteiger partial charge is 0.300 e. The molecular formula is C24H19ClN2O4. The van der Waals surface area contributed by atoms with Crippen LogP contribution in [0.2, 0.25) is 5.02 Å². The van der Waals surface area contributed by atoms with E-state index in [0.717, 1.165) is 5.56 Å². The predicted molar refractivity (Wildman–Crippen MR) is 118 cm³/mol. The predicted octanol–water partition coefficient (Wildman–Crippen LogP) is 4.68. The van der Waals surface area contributed by atoms with Gasteiger partial charge in [-0.2, -0.15) is 0 Å². The molecule has 7 heteroatoms. The molecule has 31 heavy (non-hydrogen) atoms. The summed E-state index contributed by atoms with van der Waals surface area (Å²) in [6, 6.07) is 14.6. The summed E-state index contributed by atoms with van der Waals surface area (Å²) in [7, 11) is 1.45. The molecule has 0 spiro atoms. The van der Waals surface area contributed by atoms with Crippen molar-refractivity contribution in [2.24, 2.45) is 0 Å². The molecule has 1 aliphatic heterocycles. The number of anilines is 1. The van der Waals surface area contributed by atoms with Crippen molar-refractivity contribution >= 4 is 34.7 Å². The van der Waals surface area contributed by atoms with Gasteiger partial charge in [-0.05, 0) is 48.9 Å². The van der Waals surface area contributed by atoms with Gasteiger partial charge in [0.2, 0.25) is 0 Å². The standard InChI is InChI=1S/C24H19ClN2O4/c1-14-5-8-17(9-6-14)27-21(15-4-3-11-26-13-15)20(23(29)24(27)30)22(28)18-12-16(25)7-10-19(18)31-2/h3-13,21,28H,1-2H3/b22-20+. The van der Waals surface area contributed by atoms with Crippen LogP contribution in [0.15, 0.2) is 72.6 Å². The van der Waals surface area contributed by atoms with Crippen LogP contribution in [0.5, 0.6) is 5.75 Å². The maximum atomic E-state index is 13.1. The first-order chi connectivity index (χ1) is 14.9. The second kappa shape index (κ2) is 8.24. The van der Waals surface area contributed by atoms with Gasteiger partial charge in [-0.25, -0.2) is 0 Å². The van der Waals surface area contributed by atoms with Crippen LogP contribution in [0, 0.1) is 6.92 Å². The number of aliphatic hydroxyl groups excluding tert-OH is 1. The van der Waals surface area contributed by atoms with Crippen LogP contribution in [0.4, 0.5) is 5.69 Å². The fourth-order valence-electron chi connectivity index (χ4n) is 3.67. The molecular weight excluding hydrogens is 416 g/mol. The van der Waals surface area contributed by atoms with E-state index in [-0.39, 0.29) is 16.9 Å². The fraction of sp³-hybridized carbons (Fsp3) is 0.125. The van der Waals surface area contributed by atoms with Gasteiger partial charge in [0.15, 0.2) is 0 Å². The van der Waals surface area contributed by atoms with Gasteiger partial charge in [-0.3, -0.25) is 19.5 Å². The molecule has 1 atom stereocenters. The maximum Gasteiger partial charge on any atom is 0.300 e. The summed E-state index contributed by atoms with van der Waals surface area (Å²) in [5.74, 6) is -1.57. The van der Waals surface area contributed by atoms with Gasteiger partial charge in [-0.15, -0.1) is 0 Å². The van der Waals surface area contributed by atoms with E-state index in [2.05, 4.69) is 4.98 Å². The van der Waals surface area contributed by atoms with Crippen molar-refractivity contribution in [1.29, 1.82) is 0 Å². The average Bonchev–Trinajstić information content (AvgIpc) is 3.05. The Labute approximate surface area is 184 Å². The molecule has 6 nitrogen and oxygen atoms in total. The van der Waals surface area contributed by atoms with E-state index in [1.165, 1.54) is 18.1 Å². The number of Topliss-reactive ketones (excluding diaryl/α,β-unsaturated/α-hetero) is 1. The number of ketones is 1. The summed E-state index contributed by atoms with van der Waals surface area (Å²) in [5.41, 5.74) is 2.32. The largest absolute Gasteiger partial charge is 0.507 e. The van der Waals surface area contributed by atoms with Gasteiger partial charge in [0, 0.05) is 23.1 Å². The van der Waals surface area contributed by atoms with Crippen LogP contribution in [0.25, 0.3) is 5.76 Å². The van der Waals surface area contributed by atoms with Crippen LogP contribution in [-0.4, -0.2) is 28.9 Å². The number of ether oxygens (including phenoxy) is 1. The van der Waals surface area contributed by atoms with Gasteiger partial charge in [-0.1, -0.05) is 35.4 Å². The van der Waals surface area contributed by atoms with E-state index in [1.54, 1.807) is 48.8 Å². The Kier molecular flexibility index (Phi) is 5.48. The highest BCUT2D eigenvalue weighted by Crippen LogP contribution is 2.43. The first-order valence-corrected chi connectivity index (χ1v) is 9.91. The number of halogens is 1. The molecule has 0 aliphatic carbocycles. The van der Waals surface area contributed by atoms with Gasteiger partial charge in [0.25, 0.3) is 11.7 Å². The van der Waals surface area contributed by atoms with E-state index in [0.29, 0.717) is 22.0 Å². The highest BCUT2D eigenvalue weighted by atomic mass is 35.5. The third kappa shape index (κ3) is 3.66. The third-order valence-electron chi connectivity index (χ3n) is 5.17. The molecule has 1 amide bonds. The number of carbonyl (C=O) groups excluding carboxylic acids is 2. The molecule has 0 saturated carbocycles. The monoisotopic (exact) mass is 434 g/mol. The summed E-state index contributed by atoms with van der Waals surface area (Å²) in [6.07, 6.45) is 3.17. The highest BCUT2D eigenvalue weighted by Gasteiger charge is 2.47. The summed E-state index contributed by atoms with van der Waals surface area (Å²) >= 11 is 6.12. The van der Waals surface area contributed by atoms with E-state index in [9.17, 15) is 14.7 Å². The number of aliphatic hydroxyl groups is 1. The molecule has 1 fully saturated rings. The minimum atomic E-state index is -0.861. The lowest BCUT2D eigenvalue weighted by atomic mass is 9.95. The summed E-state index contributed by atoms with van der Waals surface area (Å²) in [5, 5.41) is 11.6. The number of amides is 1. The number of aromatic nitrogens is 1. The molecule has 1 aliphatic rings. The summed E-state index contributed by atoms with van der Waals surface area (Å²) in [4.78, 5) is 31.7. The number of aryl methyl sites for hydroxylation is 1. The molecule has 1 saturated heterocycles. The maximum absolute atomic E-state index is 13.1. The lowest BCUT2D eigenvalue weighted by Gasteiger charge is -2.25. The zero-order valence-electron chi connectivity index (χ0n) is 16.9. The van der Waals surface area contributed by atoms with E-state index < -0.39 is 17.7 Å². The second-order valence-electron chi connectivity index (χ2n) is 7.14. The zero-order valence-corrected chi connectivity index (χ0v) is 17.6. The lowest BCUT2D eigenvalue weighted by Crippen LogP contribution is -2.29. The Morgan fingerprint density at radius 2 is 1.87 bits per heavy atom. The molecule has 2 aromatic carbocycles. The van der Waals surface area contributed by atoms with Crippen molar-refractivity contribution in [2.45, 2.75) is 13.0 Å². The first kappa shape index (κ1) is 20.6. The Balaban J connectivity index is 1.97. The van der Waals surface area contributed by atoms with Gasteiger partial charge in [0.1, 0.15) is 11.5 Å². The summed E-state index contributed by atoms with van der Waals surface area (Å²) in [6.45, 7) is 1.93. The average molecular weight is 435 g/mol. The minimum absolute atomic E-state index is 0.0564. The first-order valence-electron chi connectivity index (χ1n) is 9.54. The van der Waals surface area contributed by atoms with Crippen LogP contribution >= 0.6 is 11.6 Å². The zero-order chi connectivity index (χ0) is 22.1. The normalized spacial score (nSPS) is 17.8. The molecule has 2 heterocycles. The van der Waals surface area contributed by atoms with Crippen LogP contribution in [0.1, 0.15) is 22.7 Å². The van der Waals surface area contributed by atoms with Gasteiger partial charge in [0.05, 0.1) is 24.3 Å². The van der Waals surface area contributed by atoms with E-state index in [4.69, 9.17) is 16.3 Å². The number of carbonyl (C=O) groups is 2. The Hall–Kier alpha value is -3.64. The number of nitrogens with zero attached hydrogens (tertiary/aromatic N) is 2. The van der Waals surface area contributed by atoms with Crippen LogP contribution in [0.3, 0.4) is 0 Å². The third-order valence-corrected chi connectivity index (χ3v) is 5.41. The van der Waals surface area contributed by atoms with E-state index >= 15 is 0 Å². The lowest BCUT2D eigenvalue weighted by molar-refractivity contribution is -0.132. The van der Waals surface area contributed by atoms with Crippen LogP contribution < -0.4 is 9.64 Å². The van der Waals surface area contributed by atoms with Crippen molar-refractivity contribution in [1.82, 2.24) is 4.98 Å². The fourth-order valence-corrected chi connectivity index (χ4v) is 3.84. The van der Waals surface area contributed by atoms with Crippen molar-refractivity contribution in [3.05, 3.63) is 94.3 Å². The Morgan fingerprint density at radius 3 is 2.52 bits per heavy atom. The van der Waals surface area contributed by atoms with E-state index in [1.807, 2.05) is 19.1 Å². The number of benzene rings is 2. The molecule has 0 bridgehead atoms. The number of pyridine rings is 1. The molecule has 0 radical (unpaired) electrons. The van der Waals surface area contributed by atoms with Crippen molar-refractivity contribution in [3.63, 3.8) is 0 Å². The molecule has 1 aromatic heterocycles. The number of rotatable bonds is 4. The topological polar surface area (TPSA) is 79.7 Å². The summed E-state index contributed by atoms with van der Waals surface area (Å²) < 4.78 is 5.33.